The molecule has 0 bridgehead atoms. The molecule has 1 aromatic carbocycles. The fourth-order valence-corrected chi connectivity index (χ4v) is 4.24. The van der Waals surface area contributed by atoms with Gasteiger partial charge in [0.15, 0.2) is 9.84 Å². The van der Waals surface area contributed by atoms with Gasteiger partial charge < -0.3 is 5.11 Å². The van der Waals surface area contributed by atoms with Crippen molar-refractivity contribution < 1.29 is 13.5 Å². The molecule has 1 heterocycles. The van der Waals surface area contributed by atoms with Crippen LogP contribution in [0.4, 0.5) is 0 Å². The summed E-state index contributed by atoms with van der Waals surface area (Å²) in [6, 6.07) is 8.75. The van der Waals surface area contributed by atoms with E-state index in [0.29, 0.717) is 12.8 Å². The van der Waals surface area contributed by atoms with Crippen molar-refractivity contribution in [1.29, 1.82) is 5.26 Å². The predicted molar refractivity (Wildman–Crippen MR) is 63.1 cm³/mol. The lowest BCUT2D eigenvalue weighted by atomic mass is 9.83. The maximum absolute atomic E-state index is 11.5. The Morgan fingerprint density at radius 2 is 2.24 bits per heavy atom. The first-order valence-electron chi connectivity index (χ1n) is 5.34. The second kappa shape index (κ2) is 4.04. The monoisotopic (exact) mass is 251 g/mol. The molecule has 1 aromatic rings. The Morgan fingerprint density at radius 3 is 2.76 bits per heavy atom. The Morgan fingerprint density at radius 1 is 1.47 bits per heavy atom. The summed E-state index contributed by atoms with van der Waals surface area (Å²) in [5, 5.41) is 18.5. The maximum Gasteiger partial charge on any atom is 0.151 e. The Kier molecular flexibility index (Phi) is 2.84. The summed E-state index contributed by atoms with van der Waals surface area (Å²) in [6.07, 6.45) is 0.749. The van der Waals surface area contributed by atoms with E-state index in [1.165, 1.54) is 0 Å². The number of phenols is 1. The highest BCUT2D eigenvalue weighted by molar-refractivity contribution is 7.91. The van der Waals surface area contributed by atoms with Crippen LogP contribution in [0.5, 0.6) is 5.75 Å². The molecule has 1 atom stereocenters. The van der Waals surface area contributed by atoms with Crippen molar-refractivity contribution in [3.8, 4) is 11.8 Å². The standard InChI is InChI=1S/C12H13NO3S/c13-8-12(4-5-17(15,16)9-12)7-10-2-1-3-11(14)6-10/h1-3,6,14H,4-5,7,9H2. The van der Waals surface area contributed by atoms with Crippen LogP contribution in [-0.2, 0) is 16.3 Å². The van der Waals surface area contributed by atoms with E-state index in [0.717, 1.165) is 5.56 Å². The summed E-state index contributed by atoms with van der Waals surface area (Å²) in [7, 11) is -3.08. The predicted octanol–water partition coefficient (Wildman–Crippen LogP) is 1.26. The molecule has 1 aliphatic rings. The summed E-state index contributed by atoms with van der Waals surface area (Å²) >= 11 is 0. The molecule has 1 unspecified atom stereocenters. The first kappa shape index (κ1) is 11.9. The molecule has 0 amide bonds. The maximum atomic E-state index is 11.5. The van der Waals surface area contributed by atoms with Gasteiger partial charge in [-0.3, -0.25) is 0 Å². The number of hydrogen-bond donors (Lipinski definition) is 1. The number of benzene rings is 1. The zero-order valence-electron chi connectivity index (χ0n) is 9.26. The molecule has 4 nitrogen and oxygen atoms in total. The summed E-state index contributed by atoms with van der Waals surface area (Å²) in [5.41, 5.74) is -0.0317. The van der Waals surface area contributed by atoms with Gasteiger partial charge in [-0.25, -0.2) is 8.42 Å². The van der Waals surface area contributed by atoms with Crippen molar-refractivity contribution in [2.45, 2.75) is 12.8 Å². The highest BCUT2D eigenvalue weighted by atomic mass is 32.2. The SMILES string of the molecule is N#CC1(Cc2cccc(O)c2)CCS(=O)(=O)C1. The Bertz CT molecular complexity index is 574. The fourth-order valence-electron chi connectivity index (χ4n) is 2.24. The van der Waals surface area contributed by atoms with Gasteiger partial charge in [0.1, 0.15) is 5.75 Å². The number of nitriles is 1. The van der Waals surface area contributed by atoms with E-state index in [4.69, 9.17) is 0 Å². The Hall–Kier alpha value is -1.54. The first-order chi connectivity index (χ1) is 7.95. The molecule has 5 heteroatoms. The van der Waals surface area contributed by atoms with E-state index < -0.39 is 15.3 Å². The van der Waals surface area contributed by atoms with Gasteiger partial charge in [-0.15, -0.1) is 0 Å². The third-order valence-corrected chi connectivity index (χ3v) is 4.90. The van der Waals surface area contributed by atoms with Crippen LogP contribution in [-0.4, -0.2) is 25.0 Å². The third-order valence-electron chi connectivity index (χ3n) is 3.08. The lowest BCUT2D eigenvalue weighted by molar-refractivity contribution is 0.446. The van der Waals surface area contributed by atoms with E-state index in [9.17, 15) is 18.8 Å². The van der Waals surface area contributed by atoms with Crippen LogP contribution in [0, 0.1) is 16.7 Å². The average Bonchev–Trinajstić information content (AvgIpc) is 2.55. The van der Waals surface area contributed by atoms with Crippen molar-refractivity contribution in [3.05, 3.63) is 29.8 Å². The quantitative estimate of drug-likeness (QED) is 0.858. The minimum atomic E-state index is -3.08. The van der Waals surface area contributed by atoms with Crippen LogP contribution in [0.15, 0.2) is 24.3 Å². The van der Waals surface area contributed by atoms with Gasteiger partial charge in [-0.1, -0.05) is 12.1 Å². The number of aromatic hydroxyl groups is 1. The van der Waals surface area contributed by atoms with Gasteiger partial charge in [-0.05, 0) is 30.5 Å². The molecule has 0 saturated carbocycles. The number of sulfone groups is 1. The molecule has 1 aliphatic heterocycles. The fraction of sp³-hybridized carbons (Fsp3) is 0.417. The molecule has 1 fully saturated rings. The molecule has 2 rings (SSSR count). The lowest BCUT2D eigenvalue weighted by Crippen LogP contribution is -2.23. The number of phenolic OH excluding ortho intramolecular Hbond substituents is 1. The zero-order chi connectivity index (χ0) is 12.5. The highest BCUT2D eigenvalue weighted by Gasteiger charge is 2.42. The molecule has 1 saturated heterocycles. The van der Waals surface area contributed by atoms with Gasteiger partial charge in [-0.2, -0.15) is 5.26 Å². The van der Waals surface area contributed by atoms with Crippen LogP contribution in [0.2, 0.25) is 0 Å². The van der Waals surface area contributed by atoms with Crippen molar-refractivity contribution in [1.82, 2.24) is 0 Å². The molecule has 1 N–H and O–H groups in total. The van der Waals surface area contributed by atoms with Gasteiger partial charge in [0.25, 0.3) is 0 Å². The van der Waals surface area contributed by atoms with E-state index >= 15 is 0 Å². The van der Waals surface area contributed by atoms with Gasteiger partial charge in [0, 0.05) is 0 Å². The minimum Gasteiger partial charge on any atom is -0.508 e. The van der Waals surface area contributed by atoms with E-state index in [-0.39, 0.29) is 17.3 Å². The summed E-state index contributed by atoms with van der Waals surface area (Å²) in [5.74, 6) is 0.141. The second-order valence-corrected chi connectivity index (χ2v) is 6.76. The molecule has 17 heavy (non-hydrogen) atoms. The second-order valence-electron chi connectivity index (χ2n) is 4.58. The number of nitrogens with zero attached hydrogens (tertiary/aromatic N) is 1. The smallest absolute Gasteiger partial charge is 0.151 e. The normalized spacial score (nSPS) is 26.5. The van der Waals surface area contributed by atoms with Gasteiger partial charge >= 0.3 is 0 Å². The molecule has 0 aliphatic carbocycles. The van der Waals surface area contributed by atoms with Crippen molar-refractivity contribution in [2.75, 3.05) is 11.5 Å². The zero-order valence-corrected chi connectivity index (χ0v) is 10.1. The largest absolute Gasteiger partial charge is 0.508 e. The molecule has 90 valence electrons. The molecule has 0 spiro atoms. The minimum absolute atomic E-state index is 0.0772. The number of hydrogen-bond acceptors (Lipinski definition) is 4. The molecule has 0 radical (unpaired) electrons. The Balaban J connectivity index is 2.26. The van der Waals surface area contributed by atoms with Gasteiger partial charge in [0.05, 0.1) is 23.0 Å². The summed E-state index contributed by atoms with van der Waals surface area (Å²) in [4.78, 5) is 0. The Labute approximate surface area is 100 Å². The van der Waals surface area contributed by atoms with Gasteiger partial charge in [0.2, 0.25) is 0 Å². The lowest BCUT2D eigenvalue weighted by Gasteiger charge is -2.18. The van der Waals surface area contributed by atoms with Crippen LogP contribution in [0.3, 0.4) is 0 Å². The highest BCUT2D eigenvalue weighted by Crippen LogP contribution is 2.35. The van der Waals surface area contributed by atoms with Crippen molar-refractivity contribution >= 4 is 9.84 Å². The third kappa shape index (κ3) is 2.59. The van der Waals surface area contributed by atoms with Crippen molar-refractivity contribution in [3.63, 3.8) is 0 Å². The summed E-state index contributed by atoms with van der Waals surface area (Å²) < 4.78 is 22.9. The van der Waals surface area contributed by atoms with E-state index in [1.54, 1.807) is 24.3 Å². The average molecular weight is 251 g/mol. The topological polar surface area (TPSA) is 78.2 Å². The van der Waals surface area contributed by atoms with E-state index in [2.05, 4.69) is 6.07 Å². The molecular formula is C12H13NO3S. The van der Waals surface area contributed by atoms with Crippen LogP contribution in [0.25, 0.3) is 0 Å². The molecular weight excluding hydrogens is 238 g/mol. The van der Waals surface area contributed by atoms with Crippen LogP contribution >= 0.6 is 0 Å². The van der Waals surface area contributed by atoms with E-state index in [1.807, 2.05) is 0 Å². The first-order valence-corrected chi connectivity index (χ1v) is 7.16. The summed E-state index contributed by atoms with van der Waals surface area (Å²) in [6.45, 7) is 0. The molecule has 0 aromatic heterocycles. The van der Waals surface area contributed by atoms with Crippen LogP contribution in [0.1, 0.15) is 12.0 Å². The van der Waals surface area contributed by atoms with Crippen molar-refractivity contribution in [2.24, 2.45) is 5.41 Å². The van der Waals surface area contributed by atoms with Crippen LogP contribution < -0.4 is 0 Å². The number of rotatable bonds is 2.